The van der Waals surface area contributed by atoms with E-state index in [2.05, 4.69) is 5.32 Å². The Morgan fingerprint density at radius 1 is 0.889 bits per heavy atom. The number of para-hydroxylation sites is 1. The largest absolute Gasteiger partial charge is 0.497 e. The van der Waals surface area contributed by atoms with E-state index in [4.69, 9.17) is 14.5 Å². The van der Waals surface area contributed by atoms with Gasteiger partial charge in [0.15, 0.2) is 0 Å². The van der Waals surface area contributed by atoms with Crippen LogP contribution in [0, 0.1) is 0 Å². The maximum atomic E-state index is 13.3. The SMILES string of the molecule is COc1ccc(-c2cc(C(=O)Nc3ccc(S(=O)(=O)NC(C)=O)cc3)c3ccccc3n2)c(OC)c1. The van der Waals surface area contributed by atoms with Crippen LogP contribution < -0.4 is 19.5 Å². The van der Waals surface area contributed by atoms with Gasteiger partial charge in [0.05, 0.1) is 35.9 Å². The number of methoxy groups -OCH3 is 2. The maximum absolute atomic E-state index is 13.3. The third kappa shape index (κ3) is 5.13. The van der Waals surface area contributed by atoms with Gasteiger partial charge in [-0.15, -0.1) is 0 Å². The number of nitrogens with zero attached hydrogens (tertiary/aromatic N) is 1. The van der Waals surface area contributed by atoms with Crippen molar-refractivity contribution in [2.75, 3.05) is 19.5 Å². The summed E-state index contributed by atoms with van der Waals surface area (Å²) in [6, 6.07) is 19.8. The number of aromatic nitrogens is 1. The van der Waals surface area contributed by atoms with Crippen LogP contribution in [0.15, 0.2) is 77.7 Å². The van der Waals surface area contributed by atoms with Crippen molar-refractivity contribution in [3.05, 3.63) is 78.4 Å². The first-order valence-corrected chi connectivity index (χ1v) is 12.3. The van der Waals surface area contributed by atoms with Crippen LogP contribution >= 0.6 is 0 Å². The highest BCUT2D eigenvalue weighted by molar-refractivity contribution is 7.90. The molecule has 0 saturated heterocycles. The van der Waals surface area contributed by atoms with E-state index in [1.807, 2.05) is 29.0 Å². The quantitative estimate of drug-likeness (QED) is 0.389. The molecule has 2 N–H and O–H groups in total. The molecular formula is C26H23N3O6S. The third-order valence-electron chi connectivity index (χ3n) is 5.35. The Balaban J connectivity index is 1.71. The molecule has 0 fully saturated rings. The van der Waals surface area contributed by atoms with Crippen LogP contribution in [0.2, 0.25) is 0 Å². The minimum Gasteiger partial charge on any atom is -0.497 e. The van der Waals surface area contributed by atoms with Crippen molar-refractivity contribution >= 4 is 38.4 Å². The molecule has 1 heterocycles. The number of rotatable bonds is 7. The summed E-state index contributed by atoms with van der Waals surface area (Å²) in [5.74, 6) is 0.0683. The number of carbonyl (C=O) groups is 2. The van der Waals surface area contributed by atoms with Crippen molar-refractivity contribution in [3.8, 4) is 22.8 Å². The van der Waals surface area contributed by atoms with E-state index in [1.54, 1.807) is 38.5 Å². The summed E-state index contributed by atoms with van der Waals surface area (Å²) in [5, 5.41) is 3.44. The molecule has 0 bridgehead atoms. The van der Waals surface area contributed by atoms with Crippen LogP contribution in [0.25, 0.3) is 22.2 Å². The Bertz CT molecular complexity index is 1570. The van der Waals surface area contributed by atoms with E-state index >= 15 is 0 Å². The number of pyridine rings is 1. The van der Waals surface area contributed by atoms with Gasteiger partial charge in [0.25, 0.3) is 15.9 Å². The number of hydrogen-bond donors (Lipinski definition) is 2. The highest BCUT2D eigenvalue weighted by Crippen LogP contribution is 2.34. The zero-order valence-electron chi connectivity index (χ0n) is 19.7. The predicted molar refractivity (Wildman–Crippen MR) is 136 cm³/mol. The van der Waals surface area contributed by atoms with Crippen molar-refractivity contribution in [3.63, 3.8) is 0 Å². The van der Waals surface area contributed by atoms with E-state index in [-0.39, 0.29) is 4.90 Å². The highest BCUT2D eigenvalue weighted by atomic mass is 32.2. The van der Waals surface area contributed by atoms with E-state index < -0.39 is 21.8 Å². The van der Waals surface area contributed by atoms with Gasteiger partial charge < -0.3 is 14.8 Å². The second-order valence-corrected chi connectivity index (χ2v) is 9.46. The summed E-state index contributed by atoms with van der Waals surface area (Å²) in [4.78, 5) is 29.1. The standard InChI is InChI=1S/C26H23N3O6S/c1-16(30)29-36(32,33)19-11-8-17(9-12-19)27-26(31)22-15-24(28-23-7-5-4-6-20(22)23)21-13-10-18(34-2)14-25(21)35-3/h4-15H,1-3H3,(H,27,31)(H,29,30). The number of fused-ring (bicyclic) bond motifs is 1. The zero-order valence-corrected chi connectivity index (χ0v) is 20.5. The lowest BCUT2D eigenvalue weighted by molar-refractivity contribution is -0.117. The van der Waals surface area contributed by atoms with Crippen molar-refractivity contribution < 1.29 is 27.5 Å². The molecule has 2 amide bonds. The Morgan fingerprint density at radius 2 is 1.61 bits per heavy atom. The van der Waals surface area contributed by atoms with Gasteiger partial charge in [-0.05, 0) is 48.5 Å². The molecule has 0 aliphatic carbocycles. The van der Waals surface area contributed by atoms with Crippen molar-refractivity contribution in [1.29, 1.82) is 0 Å². The van der Waals surface area contributed by atoms with Gasteiger partial charge in [-0.25, -0.2) is 18.1 Å². The number of benzene rings is 3. The Labute approximate surface area is 208 Å². The van der Waals surface area contributed by atoms with Gasteiger partial charge in [-0.1, -0.05) is 18.2 Å². The number of hydrogen-bond acceptors (Lipinski definition) is 7. The minimum atomic E-state index is -3.98. The summed E-state index contributed by atoms with van der Waals surface area (Å²) in [5.41, 5.74) is 2.60. The molecule has 0 saturated carbocycles. The molecule has 184 valence electrons. The van der Waals surface area contributed by atoms with Crippen molar-refractivity contribution in [2.24, 2.45) is 0 Å². The fraction of sp³-hybridized carbons (Fsp3) is 0.115. The molecule has 4 rings (SSSR count). The molecular weight excluding hydrogens is 482 g/mol. The lowest BCUT2D eigenvalue weighted by Crippen LogP contribution is -2.28. The number of ether oxygens (including phenoxy) is 2. The third-order valence-corrected chi connectivity index (χ3v) is 6.79. The van der Waals surface area contributed by atoms with E-state index in [0.717, 1.165) is 6.92 Å². The summed E-state index contributed by atoms with van der Waals surface area (Å²) < 4.78 is 37.0. The first-order chi connectivity index (χ1) is 17.2. The molecule has 3 aromatic carbocycles. The molecule has 0 aliphatic heterocycles. The number of amides is 2. The van der Waals surface area contributed by atoms with Crippen LogP contribution in [-0.2, 0) is 14.8 Å². The van der Waals surface area contributed by atoms with Gasteiger partial charge >= 0.3 is 0 Å². The maximum Gasteiger partial charge on any atom is 0.264 e. The van der Waals surface area contributed by atoms with Crippen molar-refractivity contribution in [2.45, 2.75) is 11.8 Å². The minimum absolute atomic E-state index is 0.0982. The average molecular weight is 506 g/mol. The average Bonchev–Trinajstić information content (AvgIpc) is 2.87. The van der Waals surface area contributed by atoms with Gasteiger partial charge in [0.2, 0.25) is 5.91 Å². The molecule has 10 heteroatoms. The molecule has 0 atom stereocenters. The summed E-state index contributed by atoms with van der Waals surface area (Å²) in [7, 11) is -0.868. The van der Waals surface area contributed by atoms with E-state index in [9.17, 15) is 18.0 Å². The molecule has 0 unspecified atom stereocenters. The van der Waals surface area contributed by atoms with Crippen LogP contribution in [0.3, 0.4) is 0 Å². The van der Waals surface area contributed by atoms with Gasteiger partial charge in [0, 0.05) is 29.6 Å². The Hall–Kier alpha value is -4.44. The fourth-order valence-electron chi connectivity index (χ4n) is 3.68. The number of nitrogens with one attached hydrogen (secondary N) is 2. The monoisotopic (exact) mass is 505 g/mol. The lowest BCUT2D eigenvalue weighted by atomic mass is 10.0. The molecule has 9 nitrogen and oxygen atoms in total. The predicted octanol–water partition coefficient (Wildman–Crippen LogP) is 4.00. The second kappa shape index (κ2) is 10.0. The first-order valence-electron chi connectivity index (χ1n) is 10.8. The topological polar surface area (TPSA) is 124 Å². The van der Waals surface area contributed by atoms with Crippen LogP contribution in [-0.4, -0.2) is 39.4 Å². The molecule has 0 spiro atoms. The second-order valence-electron chi connectivity index (χ2n) is 7.78. The molecule has 36 heavy (non-hydrogen) atoms. The highest BCUT2D eigenvalue weighted by Gasteiger charge is 2.18. The fourth-order valence-corrected chi connectivity index (χ4v) is 4.67. The van der Waals surface area contributed by atoms with Gasteiger partial charge in [-0.2, -0.15) is 0 Å². The number of anilines is 1. The molecule has 4 aromatic rings. The summed E-state index contributed by atoms with van der Waals surface area (Å²) in [6.07, 6.45) is 0. The van der Waals surface area contributed by atoms with Crippen molar-refractivity contribution in [1.82, 2.24) is 9.71 Å². The van der Waals surface area contributed by atoms with Gasteiger partial charge in [-0.3, -0.25) is 9.59 Å². The smallest absolute Gasteiger partial charge is 0.264 e. The summed E-state index contributed by atoms with van der Waals surface area (Å²) in [6.45, 7) is 1.11. The van der Waals surface area contributed by atoms with E-state index in [0.29, 0.717) is 44.9 Å². The van der Waals surface area contributed by atoms with Gasteiger partial charge in [0.1, 0.15) is 11.5 Å². The zero-order chi connectivity index (χ0) is 25.9. The van der Waals surface area contributed by atoms with Crippen LogP contribution in [0.4, 0.5) is 5.69 Å². The molecule has 0 aliphatic rings. The summed E-state index contributed by atoms with van der Waals surface area (Å²) >= 11 is 0. The lowest BCUT2D eigenvalue weighted by Gasteiger charge is -2.13. The normalized spacial score (nSPS) is 11.1. The first kappa shape index (κ1) is 24.7. The van der Waals surface area contributed by atoms with E-state index in [1.165, 1.54) is 24.3 Å². The number of sulfonamides is 1. The molecule has 1 aromatic heterocycles. The molecule has 0 radical (unpaired) electrons. The van der Waals surface area contributed by atoms with Crippen LogP contribution in [0.5, 0.6) is 11.5 Å². The van der Waals surface area contributed by atoms with Crippen LogP contribution in [0.1, 0.15) is 17.3 Å². The Kier molecular flexibility index (Phi) is 6.89. The Morgan fingerprint density at radius 3 is 2.28 bits per heavy atom. The number of carbonyl (C=O) groups excluding carboxylic acids is 2.